The molecule has 116 valence electrons. The van der Waals surface area contributed by atoms with Crippen molar-refractivity contribution in [2.75, 3.05) is 19.6 Å². The molecule has 1 aromatic rings. The van der Waals surface area contributed by atoms with Crippen molar-refractivity contribution in [2.24, 2.45) is 11.1 Å². The van der Waals surface area contributed by atoms with Crippen molar-refractivity contribution in [2.45, 2.75) is 45.4 Å². The Morgan fingerprint density at radius 2 is 1.76 bits per heavy atom. The number of rotatable bonds is 6. The highest BCUT2D eigenvalue weighted by molar-refractivity contribution is 7.80. The average molecular weight is 305 g/mol. The molecule has 1 aliphatic rings. The van der Waals surface area contributed by atoms with Gasteiger partial charge in [0.05, 0.1) is 4.99 Å². The highest BCUT2D eigenvalue weighted by Gasteiger charge is 2.32. The van der Waals surface area contributed by atoms with Crippen molar-refractivity contribution in [3.8, 4) is 0 Å². The Labute approximate surface area is 134 Å². The Kier molecular flexibility index (Phi) is 5.77. The summed E-state index contributed by atoms with van der Waals surface area (Å²) < 4.78 is 0. The third-order valence-corrected chi connectivity index (χ3v) is 5.69. The molecule has 1 heterocycles. The SMILES string of the molecule is CCC1(CC)CCN(CC(C(N)=S)c2ccccc2)CC1. The van der Waals surface area contributed by atoms with Crippen LogP contribution in [0.15, 0.2) is 30.3 Å². The normalized spacial score (nSPS) is 20.1. The van der Waals surface area contributed by atoms with Crippen LogP contribution in [0.5, 0.6) is 0 Å². The summed E-state index contributed by atoms with van der Waals surface area (Å²) in [6, 6.07) is 10.4. The molecule has 1 atom stereocenters. The molecule has 1 unspecified atom stereocenters. The standard InChI is InChI=1S/C18H28N2S/c1-3-18(4-2)10-12-20(13-11-18)14-16(17(19)21)15-8-6-5-7-9-15/h5-9,16H,3-4,10-14H2,1-2H3,(H2,19,21). The first-order chi connectivity index (χ1) is 10.1. The minimum atomic E-state index is 0.178. The van der Waals surface area contributed by atoms with Crippen LogP contribution in [0.4, 0.5) is 0 Å². The number of thiocarbonyl (C=S) groups is 1. The highest BCUT2D eigenvalue weighted by Crippen LogP contribution is 2.38. The third kappa shape index (κ3) is 4.04. The molecule has 0 saturated carbocycles. The predicted octanol–water partition coefficient (Wildman–Crippen LogP) is 3.96. The van der Waals surface area contributed by atoms with Gasteiger partial charge in [-0.2, -0.15) is 0 Å². The number of piperidine rings is 1. The second-order valence-corrected chi connectivity index (χ2v) is 6.84. The molecule has 0 amide bonds. The fraction of sp³-hybridized carbons (Fsp3) is 0.611. The Balaban J connectivity index is 1.99. The van der Waals surface area contributed by atoms with Crippen LogP contribution < -0.4 is 5.73 Å². The lowest BCUT2D eigenvalue weighted by Gasteiger charge is -2.42. The highest BCUT2D eigenvalue weighted by atomic mass is 32.1. The van der Waals surface area contributed by atoms with Crippen molar-refractivity contribution in [3.05, 3.63) is 35.9 Å². The Bertz CT molecular complexity index is 444. The molecule has 1 aromatic carbocycles. The monoisotopic (exact) mass is 304 g/mol. The summed E-state index contributed by atoms with van der Waals surface area (Å²) in [4.78, 5) is 3.16. The lowest BCUT2D eigenvalue weighted by atomic mass is 9.74. The quantitative estimate of drug-likeness (QED) is 0.807. The minimum Gasteiger partial charge on any atom is -0.393 e. The van der Waals surface area contributed by atoms with E-state index in [1.54, 1.807) is 0 Å². The summed E-state index contributed by atoms with van der Waals surface area (Å²) in [6.45, 7) is 7.98. The maximum absolute atomic E-state index is 6.00. The van der Waals surface area contributed by atoms with Gasteiger partial charge in [0, 0.05) is 12.5 Å². The molecule has 2 N–H and O–H groups in total. The molecule has 0 aliphatic carbocycles. The van der Waals surface area contributed by atoms with Gasteiger partial charge in [-0.3, -0.25) is 0 Å². The fourth-order valence-corrected chi connectivity index (χ4v) is 3.68. The Morgan fingerprint density at radius 1 is 1.19 bits per heavy atom. The second-order valence-electron chi connectivity index (χ2n) is 6.37. The third-order valence-electron chi connectivity index (χ3n) is 5.40. The molecular weight excluding hydrogens is 276 g/mol. The van der Waals surface area contributed by atoms with E-state index in [0.29, 0.717) is 10.4 Å². The summed E-state index contributed by atoms with van der Waals surface area (Å²) in [5, 5.41) is 0. The van der Waals surface area contributed by atoms with E-state index in [2.05, 4.69) is 43.0 Å². The molecule has 0 aromatic heterocycles. The molecule has 1 aliphatic heterocycles. The number of likely N-dealkylation sites (tertiary alicyclic amines) is 1. The average Bonchev–Trinajstić information content (AvgIpc) is 2.54. The van der Waals surface area contributed by atoms with Crippen LogP contribution in [-0.4, -0.2) is 29.5 Å². The van der Waals surface area contributed by atoms with Gasteiger partial charge < -0.3 is 10.6 Å². The van der Waals surface area contributed by atoms with Crippen molar-refractivity contribution < 1.29 is 0 Å². The number of hydrogen-bond acceptors (Lipinski definition) is 2. The minimum absolute atomic E-state index is 0.178. The van der Waals surface area contributed by atoms with Crippen molar-refractivity contribution in [1.82, 2.24) is 4.90 Å². The smallest absolute Gasteiger partial charge is 0.0816 e. The number of benzene rings is 1. The maximum Gasteiger partial charge on any atom is 0.0816 e. The lowest BCUT2D eigenvalue weighted by molar-refractivity contribution is 0.0948. The van der Waals surface area contributed by atoms with Crippen LogP contribution in [0.2, 0.25) is 0 Å². The van der Waals surface area contributed by atoms with E-state index in [4.69, 9.17) is 18.0 Å². The van der Waals surface area contributed by atoms with Gasteiger partial charge >= 0.3 is 0 Å². The molecule has 1 fully saturated rings. The predicted molar refractivity (Wildman–Crippen MR) is 94.7 cm³/mol. The summed E-state index contributed by atoms with van der Waals surface area (Å²) in [5.41, 5.74) is 7.81. The van der Waals surface area contributed by atoms with Crippen LogP contribution in [-0.2, 0) is 0 Å². The van der Waals surface area contributed by atoms with Crippen LogP contribution in [0.1, 0.15) is 51.0 Å². The number of nitrogens with two attached hydrogens (primary N) is 1. The summed E-state index contributed by atoms with van der Waals surface area (Å²) >= 11 is 5.31. The van der Waals surface area contributed by atoms with Gasteiger partial charge in [0.15, 0.2) is 0 Å². The van der Waals surface area contributed by atoms with Crippen molar-refractivity contribution in [3.63, 3.8) is 0 Å². The van der Waals surface area contributed by atoms with Gasteiger partial charge in [0.2, 0.25) is 0 Å². The van der Waals surface area contributed by atoms with Gasteiger partial charge in [-0.25, -0.2) is 0 Å². The first-order valence-corrected chi connectivity index (χ1v) is 8.57. The van der Waals surface area contributed by atoms with Crippen LogP contribution in [0.3, 0.4) is 0 Å². The van der Waals surface area contributed by atoms with E-state index in [-0.39, 0.29) is 5.92 Å². The maximum atomic E-state index is 6.00. The summed E-state index contributed by atoms with van der Waals surface area (Å²) in [5.74, 6) is 0.178. The van der Waals surface area contributed by atoms with Gasteiger partial charge in [-0.1, -0.05) is 69.2 Å². The van der Waals surface area contributed by atoms with Gasteiger partial charge in [-0.05, 0) is 36.9 Å². The zero-order valence-electron chi connectivity index (χ0n) is 13.3. The summed E-state index contributed by atoms with van der Waals surface area (Å²) in [6.07, 6.45) is 5.21. The number of hydrogen-bond donors (Lipinski definition) is 1. The zero-order chi connectivity index (χ0) is 15.3. The first kappa shape index (κ1) is 16.4. The van der Waals surface area contributed by atoms with E-state index in [9.17, 15) is 0 Å². The molecule has 0 spiro atoms. The molecule has 0 radical (unpaired) electrons. The molecule has 3 heteroatoms. The molecule has 21 heavy (non-hydrogen) atoms. The van der Waals surface area contributed by atoms with Crippen LogP contribution >= 0.6 is 12.2 Å². The van der Waals surface area contributed by atoms with E-state index >= 15 is 0 Å². The fourth-order valence-electron chi connectivity index (χ4n) is 3.47. The summed E-state index contributed by atoms with van der Waals surface area (Å²) in [7, 11) is 0. The van der Waals surface area contributed by atoms with E-state index in [1.165, 1.54) is 44.3 Å². The largest absolute Gasteiger partial charge is 0.393 e. The second kappa shape index (κ2) is 7.37. The number of nitrogens with zero attached hydrogens (tertiary/aromatic N) is 1. The lowest BCUT2D eigenvalue weighted by Crippen LogP contribution is -2.43. The molecule has 0 bridgehead atoms. The van der Waals surface area contributed by atoms with Gasteiger partial charge in [0.25, 0.3) is 0 Å². The topological polar surface area (TPSA) is 29.3 Å². The Morgan fingerprint density at radius 3 is 2.24 bits per heavy atom. The van der Waals surface area contributed by atoms with E-state index in [1.807, 2.05) is 6.07 Å². The molecular formula is C18H28N2S. The first-order valence-electron chi connectivity index (χ1n) is 8.17. The van der Waals surface area contributed by atoms with Crippen LogP contribution in [0.25, 0.3) is 0 Å². The Hall–Kier alpha value is -0.930. The molecule has 2 nitrogen and oxygen atoms in total. The van der Waals surface area contributed by atoms with Crippen molar-refractivity contribution in [1.29, 1.82) is 0 Å². The molecule has 2 rings (SSSR count). The van der Waals surface area contributed by atoms with Gasteiger partial charge in [0.1, 0.15) is 0 Å². The van der Waals surface area contributed by atoms with Crippen molar-refractivity contribution >= 4 is 17.2 Å². The molecule has 1 saturated heterocycles. The van der Waals surface area contributed by atoms with E-state index < -0.39 is 0 Å². The van der Waals surface area contributed by atoms with E-state index in [0.717, 1.165) is 6.54 Å². The van der Waals surface area contributed by atoms with Gasteiger partial charge in [-0.15, -0.1) is 0 Å². The van der Waals surface area contributed by atoms with Crippen LogP contribution in [0, 0.1) is 5.41 Å². The zero-order valence-corrected chi connectivity index (χ0v) is 14.2.